The maximum absolute atomic E-state index is 6.03. The summed E-state index contributed by atoms with van der Waals surface area (Å²) in [6.45, 7) is 8.53. The lowest BCUT2D eigenvalue weighted by molar-refractivity contribution is 0.294. The molecule has 106 valence electrons. The first kappa shape index (κ1) is 14.5. The third-order valence-corrected chi connectivity index (χ3v) is 3.33. The Morgan fingerprint density at radius 1 is 1.10 bits per heavy atom. The number of hydrogen-bond acceptors (Lipinski definition) is 3. The van der Waals surface area contributed by atoms with Gasteiger partial charge in [-0.3, -0.25) is 4.98 Å². The average Bonchev–Trinajstić information content (AvgIpc) is 2.45. The molecule has 0 amide bonds. The summed E-state index contributed by atoms with van der Waals surface area (Å²) in [6.07, 6.45) is 1.81. The van der Waals surface area contributed by atoms with Crippen LogP contribution in [-0.4, -0.2) is 11.5 Å². The maximum atomic E-state index is 6.03. The van der Waals surface area contributed by atoms with E-state index in [1.807, 2.05) is 12.3 Å². The highest BCUT2D eigenvalue weighted by Crippen LogP contribution is 2.24. The molecule has 0 saturated heterocycles. The summed E-state index contributed by atoms with van der Waals surface area (Å²) in [4.78, 5) is 4.37. The molecule has 0 spiro atoms. The molecule has 0 atom stereocenters. The van der Waals surface area contributed by atoms with Crippen molar-refractivity contribution < 1.29 is 4.74 Å². The molecule has 2 aromatic rings. The lowest BCUT2D eigenvalue weighted by Gasteiger charge is -2.15. The van der Waals surface area contributed by atoms with E-state index in [4.69, 9.17) is 4.74 Å². The molecule has 0 aliphatic rings. The number of para-hydroxylation sites is 1. The third kappa shape index (κ3) is 3.58. The summed E-state index contributed by atoms with van der Waals surface area (Å²) < 4.78 is 6.03. The molecule has 0 aliphatic carbocycles. The summed E-state index contributed by atoms with van der Waals surface area (Å²) in [5, 5.41) is 3.35. The first-order chi connectivity index (χ1) is 9.72. The first-order valence-corrected chi connectivity index (χ1v) is 7.05. The number of rotatable bonds is 6. The monoisotopic (exact) mass is 270 g/mol. The van der Waals surface area contributed by atoms with Gasteiger partial charge >= 0.3 is 0 Å². The van der Waals surface area contributed by atoms with Gasteiger partial charge in [0.25, 0.3) is 0 Å². The smallest absolute Gasteiger partial charge is 0.130 e. The van der Waals surface area contributed by atoms with E-state index in [-0.39, 0.29) is 0 Å². The molecule has 1 heterocycles. The van der Waals surface area contributed by atoms with Gasteiger partial charge in [-0.2, -0.15) is 0 Å². The van der Waals surface area contributed by atoms with Gasteiger partial charge in [-0.05, 0) is 37.6 Å². The molecule has 3 nitrogen and oxygen atoms in total. The van der Waals surface area contributed by atoms with E-state index in [0.717, 1.165) is 35.7 Å². The van der Waals surface area contributed by atoms with Crippen LogP contribution in [0.5, 0.6) is 5.75 Å². The van der Waals surface area contributed by atoms with Crippen LogP contribution in [0, 0.1) is 13.8 Å². The Labute approximate surface area is 121 Å². The number of nitrogens with one attached hydrogen (secondary N) is 1. The van der Waals surface area contributed by atoms with E-state index in [0.29, 0.717) is 6.61 Å². The molecule has 1 aromatic heterocycles. The van der Waals surface area contributed by atoms with Gasteiger partial charge in [-0.15, -0.1) is 0 Å². The number of hydrogen-bond donors (Lipinski definition) is 1. The van der Waals surface area contributed by atoms with Gasteiger partial charge in [0.15, 0.2) is 0 Å². The Balaban J connectivity index is 2.14. The van der Waals surface area contributed by atoms with Gasteiger partial charge in [0.05, 0.1) is 5.69 Å². The summed E-state index contributed by atoms with van der Waals surface area (Å²) in [6, 6.07) is 10.3. The minimum atomic E-state index is 0.511. The first-order valence-electron chi connectivity index (χ1n) is 7.05. The van der Waals surface area contributed by atoms with Crippen molar-refractivity contribution in [2.45, 2.75) is 33.9 Å². The van der Waals surface area contributed by atoms with Crippen molar-refractivity contribution in [3.05, 3.63) is 58.9 Å². The number of nitrogens with zero attached hydrogens (tertiary/aromatic N) is 1. The zero-order valence-electron chi connectivity index (χ0n) is 12.4. The SMILES string of the molecule is CCNCc1cccc(C)c1OCc1ncccc1C. The number of pyridine rings is 1. The molecular formula is C17H22N2O. The minimum absolute atomic E-state index is 0.511. The van der Waals surface area contributed by atoms with Crippen LogP contribution in [-0.2, 0) is 13.2 Å². The normalized spacial score (nSPS) is 10.6. The van der Waals surface area contributed by atoms with E-state index < -0.39 is 0 Å². The fourth-order valence-corrected chi connectivity index (χ4v) is 2.13. The molecule has 0 fully saturated rings. The largest absolute Gasteiger partial charge is 0.487 e. The molecule has 0 aliphatic heterocycles. The Morgan fingerprint density at radius 3 is 2.65 bits per heavy atom. The van der Waals surface area contributed by atoms with Crippen LogP contribution in [0.3, 0.4) is 0 Å². The number of benzene rings is 1. The molecule has 20 heavy (non-hydrogen) atoms. The van der Waals surface area contributed by atoms with Crippen LogP contribution < -0.4 is 10.1 Å². The van der Waals surface area contributed by atoms with Crippen molar-refractivity contribution in [1.29, 1.82) is 0 Å². The maximum Gasteiger partial charge on any atom is 0.130 e. The minimum Gasteiger partial charge on any atom is -0.487 e. The molecule has 3 heteroatoms. The Kier molecular flexibility index (Phi) is 5.13. The zero-order valence-corrected chi connectivity index (χ0v) is 12.4. The second kappa shape index (κ2) is 7.06. The second-order valence-electron chi connectivity index (χ2n) is 4.90. The van der Waals surface area contributed by atoms with Crippen LogP contribution >= 0.6 is 0 Å². The fourth-order valence-electron chi connectivity index (χ4n) is 2.13. The predicted octanol–water partition coefficient (Wildman–Crippen LogP) is 3.39. The second-order valence-corrected chi connectivity index (χ2v) is 4.90. The molecule has 0 radical (unpaired) electrons. The Bertz CT molecular complexity index is 567. The lowest BCUT2D eigenvalue weighted by atomic mass is 10.1. The molecule has 0 bridgehead atoms. The summed E-state index contributed by atoms with van der Waals surface area (Å²) in [5.74, 6) is 0.971. The number of aryl methyl sites for hydroxylation is 2. The van der Waals surface area contributed by atoms with E-state index >= 15 is 0 Å². The van der Waals surface area contributed by atoms with Gasteiger partial charge in [-0.25, -0.2) is 0 Å². The number of aromatic nitrogens is 1. The molecule has 0 saturated carbocycles. The van der Waals surface area contributed by atoms with Crippen molar-refractivity contribution >= 4 is 0 Å². The lowest BCUT2D eigenvalue weighted by Crippen LogP contribution is -2.13. The van der Waals surface area contributed by atoms with Crippen LogP contribution in [0.1, 0.15) is 29.3 Å². The summed E-state index contributed by atoms with van der Waals surface area (Å²) in [5.41, 5.74) is 4.51. The van der Waals surface area contributed by atoms with Crippen molar-refractivity contribution in [2.24, 2.45) is 0 Å². The van der Waals surface area contributed by atoms with E-state index in [1.54, 1.807) is 0 Å². The van der Waals surface area contributed by atoms with Crippen molar-refractivity contribution in [3.8, 4) is 5.75 Å². The topological polar surface area (TPSA) is 34.1 Å². The van der Waals surface area contributed by atoms with Crippen molar-refractivity contribution in [1.82, 2.24) is 10.3 Å². The van der Waals surface area contributed by atoms with Crippen molar-refractivity contribution in [2.75, 3.05) is 6.54 Å². The third-order valence-electron chi connectivity index (χ3n) is 3.33. The quantitative estimate of drug-likeness (QED) is 0.873. The molecule has 1 aromatic carbocycles. The van der Waals surface area contributed by atoms with E-state index in [1.165, 1.54) is 5.56 Å². The molecule has 1 N–H and O–H groups in total. The van der Waals surface area contributed by atoms with Crippen LogP contribution in [0.25, 0.3) is 0 Å². The highest BCUT2D eigenvalue weighted by molar-refractivity contribution is 5.40. The summed E-state index contributed by atoms with van der Waals surface area (Å²) >= 11 is 0. The molecule has 0 unspecified atom stereocenters. The Morgan fingerprint density at radius 2 is 1.90 bits per heavy atom. The van der Waals surface area contributed by atoms with E-state index in [9.17, 15) is 0 Å². The van der Waals surface area contributed by atoms with Crippen LogP contribution in [0.2, 0.25) is 0 Å². The van der Waals surface area contributed by atoms with Crippen LogP contribution in [0.4, 0.5) is 0 Å². The zero-order chi connectivity index (χ0) is 14.4. The summed E-state index contributed by atoms with van der Waals surface area (Å²) in [7, 11) is 0. The van der Waals surface area contributed by atoms with Gasteiger partial charge in [0.2, 0.25) is 0 Å². The average molecular weight is 270 g/mol. The standard InChI is InChI=1S/C17H22N2O/c1-4-18-11-15-9-5-7-14(3)17(15)20-12-16-13(2)8-6-10-19-16/h5-10,18H,4,11-12H2,1-3H3. The van der Waals surface area contributed by atoms with Gasteiger partial charge in [-0.1, -0.05) is 31.2 Å². The predicted molar refractivity (Wildman–Crippen MR) is 81.9 cm³/mol. The fraction of sp³-hybridized carbons (Fsp3) is 0.353. The highest BCUT2D eigenvalue weighted by Gasteiger charge is 2.08. The highest BCUT2D eigenvalue weighted by atomic mass is 16.5. The van der Waals surface area contributed by atoms with Gasteiger partial charge < -0.3 is 10.1 Å². The van der Waals surface area contributed by atoms with Gasteiger partial charge in [0.1, 0.15) is 12.4 Å². The molecule has 2 rings (SSSR count). The van der Waals surface area contributed by atoms with E-state index in [2.05, 4.69) is 55.3 Å². The number of ether oxygens (including phenoxy) is 1. The Hall–Kier alpha value is -1.87. The van der Waals surface area contributed by atoms with Crippen molar-refractivity contribution in [3.63, 3.8) is 0 Å². The van der Waals surface area contributed by atoms with Crippen LogP contribution in [0.15, 0.2) is 36.5 Å². The molecular weight excluding hydrogens is 248 g/mol. The van der Waals surface area contributed by atoms with Gasteiger partial charge in [0, 0.05) is 18.3 Å².